The van der Waals surface area contributed by atoms with E-state index in [2.05, 4.69) is 9.97 Å². The summed E-state index contributed by atoms with van der Waals surface area (Å²) >= 11 is 7.58. The van der Waals surface area contributed by atoms with Crippen LogP contribution in [0.5, 0.6) is 0 Å². The normalized spacial score (nSPS) is 17.4. The Labute approximate surface area is 215 Å². The highest BCUT2D eigenvalue weighted by Gasteiger charge is 2.49. The Morgan fingerprint density at radius 3 is 2.61 bits per heavy atom. The summed E-state index contributed by atoms with van der Waals surface area (Å²) in [4.78, 5) is 37.3. The van der Waals surface area contributed by atoms with Crippen molar-refractivity contribution in [3.63, 3.8) is 0 Å². The number of benzene rings is 3. The van der Waals surface area contributed by atoms with Crippen molar-refractivity contribution in [2.45, 2.75) is 13.0 Å². The Balaban J connectivity index is 1.60. The summed E-state index contributed by atoms with van der Waals surface area (Å²) < 4.78 is 0.836. The number of fused-ring (bicyclic) bond motifs is 2. The van der Waals surface area contributed by atoms with Gasteiger partial charge in [-0.25, -0.2) is 4.98 Å². The largest absolute Gasteiger partial charge is 0.507 e. The molecule has 1 N–H and O–H groups in total. The predicted molar refractivity (Wildman–Crippen MR) is 142 cm³/mol. The summed E-state index contributed by atoms with van der Waals surface area (Å²) in [6.07, 6.45) is 1.59. The van der Waals surface area contributed by atoms with Crippen molar-refractivity contribution in [3.05, 3.63) is 106 Å². The maximum atomic E-state index is 13.5. The molecule has 6 nitrogen and oxygen atoms in total. The highest BCUT2D eigenvalue weighted by molar-refractivity contribution is 7.22. The number of rotatable bonds is 3. The maximum Gasteiger partial charge on any atom is 0.301 e. The molecule has 3 aromatic carbocycles. The highest BCUT2D eigenvalue weighted by atomic mass is 35.5. The SMILES string of the molecule is Cc1cc2sc(N3C(=O)C(=O)/C(=C(/O)c4cccc5ccccc45)C3c3ccccn3)nc2cc1Cl. The fourth-order valence-electron chi connectivity index (χ4n) is 4.57. The quantitative estimate of drug-likeness (QED) is 0.171. The van der Waals surface area contributed by atoms with Gasteiger partial charge in [-0.05, 0) is 47.5 Å². The summed E-state index contributed by atoms with van der Waals surface area (Å²) in [6.45, 7) is 1.89. The third-order valence-corrected chi connectivity index (χ3v) is 7.75. The van der Waals surface area contributed by atoms with E-state index >= 15 is 0 Å². The van der Waals surface area contributed by atoms with Crippen LogP contribution in [0.1, 0.15) is 22.9 Å². The molecule has 1 fully saturated rings. The van der Waals surface area contributed by atoms with E-state index in [-0.39, 0.29) is 11.3 Å². The van der Waals surface area contributed by atoms with Crippen LogP contribution in [-0.2, 0) is 9.59 Å². The van der Waals surface area contributed by atoms with E-state index in [1.807, 2.05) is 49.4 Å². The second-order valence-corrected chi connectivity index (χ2v) is 9.93. The van der Waals surface area contributed by atoms with Gasteiger partial charge < -0.3 is 5.11 Å². The number of amides is 1. The van der Waals surface area contributed by atoms with Crippen molar-refractivity contribution in [1.29, 1.82) is 0 Å². The first-order chi connectivity index (χ1) is 17.4. The number of carbonyl (C=O) groups is 2. The van der Waals surface area contributed by atoms with Crippen molar-refractivity contribution in [2.24, 2.45) is 0 Å². The van der Waals surface area contributed by atoms with Gasteiger partial charge in [0.1, 0.15) is 11.8 Å². The number of halogens is 1. The fourth-order valence-corrected chi connectivity index (χ4v) is 5.80. The van der Waals surface area contributed by atoms with Gasteiger partial charge in [-0.3, -0.25) is 19.5 Å². The molecular weight excluding hydrogens is 494 g/mol. The molecular formula is C28H18ClN3O3S. The molecule has 0 bridgehead atoms. The van der Waals surface area contributed by atoms with Crippen LogP contribution in [0.25, 0.3) is 26.7 Å². The van der Waals surface area contributed by atoms with Gasteiger partial charge in [0.05, 0.1) is 21.5 Å². The number of hydrogen-bond acceptors (Lipinski definition) is 6. The predicted octanol–water partition coefficient (Wildman–Crippen LogP) is 6.43. The topological polar surface area (TPSA) is 83.4 Å². The number of Topliss-reactive ketones (excluding diaryl/α,β-unsaturated/α-hetero) is 1. The molecule has 3 heterocycles. The molecule has 5 aromatic rings. The summed E-state index contributed by atoms with van der Waals surface area (Å²) in [5.41, 5.74) is 2.41. The molecule has 176 valence electrons. The van der Waals surface area contributed by atoms with E-state index in [9.17, 15) is 14.7 Å². The van der Waals surface area contributed by atoms with Crippen molar-refractivity contribution in [1.82, 2.24) is 9.97 Å². The number of aryl methyl sites for hydroxylation is 1. The minimum atomic E-state index is -0.942. The summed E-state index contributed by atoms with van der Waals surface area (Å²) in [5, 5.41) is 14.1. The lowest BCUT2D eigenvalue weighted by atomic mass is 9.95. The van der Waals surface area contributed by atoms with E-state index in [0.717, 1.165) is 21.0 Å². The maximum absolute atomic E-state index is 13.5. The fraction of sp³-hybridized carbons (Fsp3) is 0.0714. The molecule has 1 unspecified atom stereocenters. The Morgan fingerprint density at radius 2 is 1.81 bits per heavy atom. The molecule has 0 saturated carbocycles. The van der Waals surface area contributed by atoms with Crippen LogP contribution in [0.3, 0.4) is 0 Å². The zero-order valence-corrected chi connectivity index (χ0v) is 20.5. The first-order valence-corrected chi connectivity index (χ1v) is 12.4. The molecule has 0 radical (unpaired) electrons. The average molecular weight is 512 g/mol. The smallest absolute Gasteiger partial charge is 0.301 e. The number of hydrogen-bond donors (Lipinski definition) is 1. The molecule has 1 saturated heterocycles. The molecule has 1 amide bonds. The number of aromatic nitrogens is 2. The average Bonchev–Trinajstić information content (AvgIpc) is 3.41. The van der Waals surface area contributed by atoms with Crippen molar-refractivity contribution in [2.75, 3.05) is 4.90 Å². The summed E-state index contributed by atoms with van der Waals surface area (Å²) in [6, 6.07) is 21.0. The lowest BCUT2D eigenvalue weighted by molar-refractivity contribution is -0.132. The van der Waals surface area contributed by atoms with Crippen molar-refractivity contribution in [3.8, 4) is 0 Å². The van der Waals surface area contributed by atoms with Crippen molar-refractivity contribution < 1.29 is 14.7 Å². The van der Waals surface area contributed by atoms with E-state index < -0.39 is 17.7 Å². The number of thiazole rings is 1. The Kier molecular flexibility index (Phi) is 5.32. The number of ketones is 1. The lowest BCUT2D eigenvalue weighted by Crippen LogP contribution is -2.29. The van der Waals surface area contributed by atoms with Gasteiger partial charge in [-0.15, -0.1) is 0 Å². The van der Waals surface area contributed by atoms with Gasteiger partial charge in [0.15, 0.2) is 5.13 Å². The Hall–Kier alpha value is -4.07. The van der Waals surface area contributed by atoms with Gasteiger partial charge >= 0.3 is 5.91 Å². The number of aliphatic hydroxyl groups excluding tert-OH is 1. The van der Waals surface area contributed by atoms with Crippen LogP contribution in [0.15, 0.2) is 84.6 Å². The molecule has 36 heavy (non-hydrogen) atoms. The second kappa shape index (κ2) is 8.55. The first-order valence-electron chi connectivity index (χ1n) is 11.2. The van der Waals surface area contributed by atoms with Crippen LogP contribution in [0.4, 0.5) is 5.13 Å². The van der Waals surface area contributed by atoms with Crippen LogP contribution >= 0.6 is 22.9 Å². The molecule has 0 spiro atoms. The zero-order valence-electron chi connectivity index (χ0n) is 19.0. The first kappa shape index (κ1) is 22.4. The van der Waals surface area contributed by atoms with Crippen LogP contribution in [0, 0.1) is 6.92 Å². The minimum Gasteiger partial charge on any atom is -0.507 e. The molecule has 1 aliphatic heterocycles. The second-order valence-electron chi connectivity index (χ2n) is 8.52. The van der Waals surface area contributed by atoms with Gasteiger partial charge in [0, 0.05) is 16.8 Å². The van der Waals surface area contributed by atoms with Crippen LogP contribution in [-0.4, -0.2) is 26.8 Å². The third kappa shape index (κ3) is 3.47. The molecule has 6 rings (SSSR count). The molecule has 1 atom stereocenters. The number of nitrogens with zero attached hydrogens (tertiary/aromatic N) is 3. The number of anilines is 1. The molecule has 8 heteroatoms. The number of aliphatic hydroxyl groups is 1. The monoisotopic (exact) mass is 511 g/mol. The standard InChI is InChI=1S/C28H18ClN3O3S/c1-15-13-22-21(14-19(15)29)31-28(36-22)32-24(20-11-4-5-12-30-20)23(26(34)27(32)35)25(33)18-10-6-8-16-7-2-3-9-17(16)18/h2-14,24,33H,1H3/b25-23+. The van der Waals surface area contributed by atoms with E-state index in [0.29, 0.717) is 26.9 Å². The minimum absolute atomic E-state index is 0.0245. The van der Waals surface area contributed by atoms with Gasteiger partial charge in [-0.2, -0.15) is 0 Å². The summed E-state index contributed by atoms with van der Waals surface area (Å²) in [7, 11) is 0. The van der Waals surface area contributed by atoms with Crippen LogP contribution < -0.4 is 4.90 Å². The Bertz CT molecular complexity index is 1680. The third-order valence-electron chi connectivity index (χ3n) is 6.32. The van der Waals surface area contributed by atoms with E-state index in [1.165, 1.54) is 16.2 Å². The number of carbonyl (C=O) groups excluding carboxylic acids is 2. The zero-order chi connectivity index (χ0) is 25.0. The van der Waals surface area contributed by atoms with E-state index in [1.54, 1.807) is 36.5 Å². The molecule has 1 aliphatic rings. The van der Waals surface area contributed by atoms with Crippen molar-refractivity contribution >= 4 is 66.5 Å². The molecule has 2 aromatic heterocycles. The number of pyridine rings is 1. The van der Waals surface area contributed by atoms with Gasteiger partial charge in [-0.1, -0.05) is 71.5 Å². The lowest BCUT2D eigenvalue weighted by Gasteiger charge is -2.22. The summed E-state index contributed by atoms with van der Waals surface area (Å²) in [5.74, 6) is -1.80. The van der Waals surface area contributed by atoms with Gasteiger partial charge in [0.2, 0.25) is 0 Å². The highest BCUT2D eigenvalue weighted by Crippen LogP contribution is 2.44. The van der Waals surface area contributed by atoms with Gasteiger partial charge in [0.25, 0.3) is 5.78 Å². The molecule has 0 aliphatic carbocycles. The Morgan fingerprint density at radius 1 is 1.03 bits per heavy atom. The van der Waals surface area contributed by atoms with Crippen LogP contribution in [0.2, 0.25) is 5.02 Å². The van der Waals surface area contributed by atoms with E-state index in [4.69, 9.17) is 11.6 Å².